The molecule has 2 heterocycles. The van der Waals surface area contributed by atoms with Gasteiger partial charge in [0.05, 0.1) is 6.33 Å². The third kappa shape index (κ3) is 3.57. The summed E-state index contributed by atoms with van der Waals surface area (Å²) in [5.41, 5.74) is 2.25. The molecule has 1 unspecified atom stereocenters. The average molecular weight is 314 g/mol. The van der Waals surface area contributed by atoms with Gasteiger partial charge in [-0.25, -0.2) is 4.98 Å². The molecule has 0 aliphatic rings. The predicted octanol–water partition coefficient (Wildman–Crippen LogP) is 3.14. The third-order valence-electron chi connectivity index (χ3n) is 3.48. The molecular weight excluding hydrogens is 296 g/mol. The Morgan fingerprint density at radius 1 is 1.27 bits per heavy atom. The summed E-state index contributed by atoms with van der Waals surface area (Å²) in [5.74, 6) is 1.45. The minimum atomic E-state index is 0.489. The molecule has 0 saturated heterocycles. The second-order valence-electron chi connectivity index (χ2n) is 5.17. The number of rotatable bonds is 6. The largest absolute Gasteiger partial charge is 0.339 e. The highest BCUT2D eigenvalue weighted by atomic mass is 32.2. The lowest BCUT2D eigenvalue weighted by Gasteiger charge is -2.03. The number of thioether (sulfide) groups is 1. The molecule has 0 aliphatic carbocycles. The maximum Gasteiger partial charge on any atom is 0.227 e. The molecule has 22 heavy (non-hydrogen) atoms. The fourth-order valence-corrected chi connectivity index (χ4v) is 2.46. The van der Waals surface area contributed by atoms with Gasteiger partial charge >= 0.3 is 0 Å². The molecule has 1 aromatic carbocycles. The summed E-state index contributed by atoms with van der Waals surface area (Å²) in [7, 11) is 0. The lowest BCUT2D eigenvalue weighted by Crippen LogP contribution is -2.01. The van der Waals surface area contributed by atoms with Crippen LogP contribution in [-0.2, 0) is 12.8 Å². The highest BCUT2D eigenvalue weighted by Gasteiger charge is 2.10. The number of imidazole rings is 1. The molecule has 0 bridgehead atoms. The molecule has 2 aromatic heterocycles. The first-order valence-corrected chi connectivity index (χ1v) is 8.45. The summed E-state index contributed by atoms with van der Waals surface area (Å²) in [6.07, 6.45) is 9.06. The topological polar surface area (TPSA) is 56.7 Å². The first kappa shape index (κ1) is 14.8. The molecule has 0 saturated carbocycles. The first-order chi connectivity index (χ1) is 10.7. The number of nitrogens with zero attached hydrogens (tertiary/aromatic N) is 4. The molecule has 0 amide bonds. The van der Waals surface area contributed by atoms with Gasteiger partial charge in [-0.2, -0.15) is 16.7 Å². The van der Waals surface area contributed by atoms with Crippen molar-refractivity contribution in [3.8, 4) is 5.69 Å². The molecule has 0 spiro atoms. The van der Waals surface area contributed by atoms with Gasteiger partial charge in [-0.1, -0.05) is 24.2 Å². The molecule has 0 N–H and O–H groups in total. The van der Waals surface area contributed by atoms with Crippen LogP contribution < -0.4 is 0 Å². The molecular formula is C16H18N4OS. The van der Waals surface area contributed by atoms with Gasteiger partial charge in [-0.3, -0.25) is 0 Å². The Balaban J connectivity index is 1.66. The Bertz CT molecular complexity index is 706. The van der Waals surface area contributed by atoms with Gasteiger partial charge in [0.2, 0.25) is 5.89 Å². The van der Waals surface area contributed by atoms with Gasteiger partial charge in [0.15, 0.2) is 5.82 Å². The van der Waals surface area contributed by atoms with Gasteiger partial charge in [-0.15, -0.1) is 0 Å². The van der Waals surface area contributed by atoms with Crippen molar-refractivity contribution in [1.82, 2.24) is 19.7 Å². The van der Waals surface area contributed by atoms with E-state index in [0.29, 0.717) is 17.6 Å². The molecule has 0 radical (unpaired) electrons. The SMILES string of the molecule is CSC(C)Cc1nc(Cc2ccc(-n3ccnc3)cc2)no1. The summed E-state index contributed by atoms with van der Waals surface area (Å²) >= 11 is 1.80. The summed E-state index contributed by atoms with van der Waals surface area (Å²) in [6.45, 7) is 2.16. The van der Waals surface area contributed by atoms with E-state index in [9.17, 15) is 0 Å². The monoisotopic (exact) mass is 314 g/mol. The number of aromatic nitrogens is 4. The minimum Gasteiger partial charge on any atom is -0.339 e. The van der Waals surface area contributed by atoms with Crippen LogP contribution in [0.1, 0.15) is 24.2 Å². The Morgan fingerprint density at radius 3 is 2.77 bits per heavy atom. The van der Waals surface area contributed by atoms with E-state index in [2.05, 4.69) is 52.6 Å². The Kier molecular flexibility index (Phi) is 4.58. The lowest BCUT2D eigenvalue weighted by atomic mass is 10.1. The fraction of sp³-hybridized carbons (Fsp3) is 0.312. The number of benzene rings is 1. The van der Waals surface area contributed by atoms with Crippen molar-refractivity contribution >= 4 is 11.8 Å². The fourth-order valence-electron chi connectivity index (χ4n) is 2.15. The quantitative estimate of drug-likeness (QED) is 0.699. The lowest BCUT2D eigenvalue weighted by molar-refractivity contribution is 0.374. The van der Waals surface area contributed by atoms with Gasteiger partial charge < -0.3 is 9.09 Å². The van der Waals surface area contributed by atoms with Crippen LogP contribution in [0.3, 0.4) is 0 Å². The first-order valence-electron chi connectivity index (χ1n) is 7.16. The van der Waals surface area contributed by atoms with Crippen LogP contribution in [0, 0.1) is 0 Å². The van der Waals surface area contributed by atoms with Crippen LogP contribution >= 0.6 is 11.8 Å². The van der Waals surface area contributed by atoms with Crippen molar-refractivity contribution in [2.75, 3.05) is 6.26 Å². The van der Waals surface area contributed by atoms with E-state index in [4.69, 9.17) is 4.52 Å². The molecule has 0 aliphatic heterocycles. The Labute approximate surface area is 133 Å². The number of hydrogen-bond donors (Lipinski definition) is 0. The van der Waals surface area contributed by atoms with E-state index in [1.807, 2.05) is 10.8 Å². The summed E-state index contributed by atoms with van der Waals surface area (Å²) in [4.78, 5) is 8.51. The molecule has 1 atom stereocenters. The maximum absolute atomic E-state index is 5.31. The van der Waals surface area contributed by atoms with Crippen molar-refractivity contribution in [1.29, 1.82) is 0 Å². The second kappa shape index (κ2) is 6.79. The summed E-state index contributed by atoms with van der Waals surface area (Å²) in [6, 6.07) is 8.29. The van der Waals surface area contributed by atoms with E-state index in [1.54, 1.807) is 24.3 Å². The van der Waals surface area contributed by atoms with Crippen molar-refractivity contribution < 1.29 is 4.52 Å². The Hall–Kier alpha value is -2.08. The molecule has 0 fully saturated rings. The van der Waals surface area contributed by atoms with E-state index < -0.39 is 0 Å². The summed E-state index contributed by atoms with van der Waals surface area (Å²) < 4.78 is 7.28. The van der Waals surface area contributed by atoms with E-state index in [0.717, 1.165) is 23.5 Å². The highest BCUT2D eigenvalue weighted by Crippen LogP contribution is 2.14. The van der Waals surface area contributed by atoms with Crippen molar-refractivity contribution in [3.63, 3.8) is 0 Å². The van der Waals surface area contributed by atoms with Crippen molar-refractivity contribution in [2.24, 2.45) is 0 Å². The minimum absolute atomic E-state index is 0.489. The van der Waals surface area contributed by atoms with Gasteiger partial charge in [0.1, 0.15) is 0 Å². The molecule has 5 nitrogen and oxygen atoms in total. The molecule has 3 aromatic rings. The second-order valence-corrected chi connectivity index (χ2v) is 6.44. The average Bonchev–Trinajstić information content (AvgIpc) is 3.20. The highest BCUT2D eigenvalue weighted by molar-refractivity contribution is 7.99. The third-order valence-corrected chi connectivity index (χ3v) is 4.45. The van der Waals surface area contributed by atoms with E-state index in [1.165, 1.54) is 0 Å². The van der Waals surface area contributed by atoms with E-state index in [-0.39, 0.29) is 0 Å². The van der Waals surface area contributed by atoms with Gasteiger partial charge in [0.25, 0.3) is 0 Å². The zero-order chi connectivity index (χ0) is 15.4. The van der Waals surface area contributed by atoms with Crippen LogP contribution in [-0.4, -0.2) is 31.2 Å². The Morgan fingerprint density at radius 2 is 2.09 bits per heavy atom. The predicted molar refractivity (Wildman–Crippen MR) is 87.3 cm³/mol. The zero-order valence-electron chi connectivity index (χ0n) is 12.6. The van der Waals surface area contributed by atoms with Crippen molar-refractivity contribution in [3.05, 3.63) is 60.3 Å². The zero-order valence-corrected chi connectivity index (χ0v) is 13.5. The summed E-state index contributed by atoms with van der Waals surface area (Å²) in [5, 5.41) is 4.55. The van der Waals surface area contributed by atoms with Crippen molar-refractivity contribution in [2.45, 2.75) is 25.0 Å². The smallest absolute Gasteiger partial charge is 0.227 e. The van der Waals surface area contributed by atoms with Crippen LogP contribution in [0.15, 0.2) is 47.5 Å². The van der Waals surface area contributed by atoms with Crippen LogP contribution in [0.2, 0.25) is 0 Å². The van der Waals surface area contributed by atoms with Gasteiger partial charge in [0, 0.05) is 36.2 Å². The maximum atomic E-state index is 5.31. The van der Waals surface area contributed by atoms with Crippen LogP contribution in [0.4, 0.5) is 0 Å². The van der Waals surface area contributed by atoms with E-state index >= 15 is 0 Å². The standard InChI is InChI=1S/C16H18N4OS/c1-12(22-2)9-16-18-15(19-21-16)10-13-3-5-14(6-4-13)20-8-7-17-11-20/h3-8,11-12H,9-10H2,1-2H3. The molecule has 114 valence electrons. The normalized spacial score (nSPS) is 12.5. The molecule has 3 rings (SSSR count). The van der Waals surface area contributed by atoms with Crippen LogP contribution in [0.5, 0.6) is 0 Å². The molecule has 6 heteroatoms. The van der Waals surface area contributed by atoms with Gasteiger partial charge in [-0.05, 0) is 24.0 Å². The number of hydrogen-bond acceptors (Lipinski definition) is 5. The van der Waals surface area contributed by atoms with Crippen LogP contribution in [0.25, 0.3) is 5.69 Å².